The van der Waals surface area contributed by atoms with Crippen molar-refractivity contribution < 1.29 is 0 Å². The minimum atomic E-state index is 0.815. The van der Waals surface area contributed by atoms with Crippen molar-refractivity contribution >= 4 is 5.95 Å². The molecule has 0 saturated heterocycles. The first-order valence-corrected chi connectivity index (χ1v) is 6.81. The van der Waals surface area contributed by atoms with E-state index in [0.29, 0.717) is 0 Å². The Kier molecular flexibility index (Phi) is 4.54. The first kappa shape index (κ1) is 13.6. The summed E-state index contributed by atoms with van der Waals surface area (Å²) in [6.07, 6.45) is 7.03. The van der Waals surface area contributed by atoms with Crippen LogP contribution >= 0.6 is 0 Å². The summed E-state index contributed by atoms with van der Waals surface area (Å²) in [6, 6.07) is 0. The van der Waals surface area contributed by atoms with Crippen LogP contribution in [0.3, 0.4) is 0 Å². The molecule has 2 aromatic rings. The van der Waals surface area contributed by atoms with E-state index in [1.54, 1.807) is 6.33 Å². The number of nitrogens with one attached hydrogen (secondary N) is 1. The molecular formula is C13H22N6. The Morgan fingerprint density at radius 2 is 2.21 bits per heavy atom. The van der Waals surface area contributed by atoms with Gasteiger partial charge in [0.25, 0.3) is 0 Å². The highest BCUT2D eigenvalue weighted by Gasteiger charge is 2.06. The highest BCUT2D eigenvalue weighted by atomic mass is 15.3. The number of hydrogen-bond donors (Lipinski definition) is 1. The van der Waals surface area contributed by atoms with Gasteiger partial charge < -0.3 is 14.5 Å². The highest BCUT2D eigenvalue weighted by Crippen LogP contribution is 2.10. The van der Waals surface area contributed by atoms with Crippen molar-refractivity contribution in [3.05, 3.63) is 24.0 Å². The molecule has 0 unspecified atom stereocenters. The number of aromatic nitrogens is 5. The van der Waals surface area contributed by atoms with Crippen LogP contribution in [0.5, 0.6) is 0 Å². The van der Waals surface area contributed by atoms with Crippen LogP contribution in [0.25, 0.3) is 0 Å². The summed E-state index contributed by atoms with van der Waals surface area (Å²) >= 11 is 0. The molecule has 104 valence electrons. The molecule has 0 bridgehead atoms. The lowest BCUT2D eigenvalue weighted by Crippen LogP contribution is -2.12. The molecule has 0 spiro atoms. The molecule has 0 aliphatic rings. The first-order chi connectivity index (χ1) is 9.20. The summed E-state index contributed by atoms with van der Waals surface area (Å²) in [6.45, 7) is 6.06. The van der Waals surface area contributed by atoms with Crippen LogP contribution in [0.4, 0.5) is 5.95 Å². The van der Waals surface area contributed by atoms with Crippen LogP contribution in [-0.4, -0.2) is 30.9 Å². The van der Waals surface area contributed by atoms with Crippen LogP contribution in [0, 0.1) is 6.92 Å². The minimum absolute atomic E-state index is 0.815. The lowest BCUT2D eigenvalue weighted by Gasteiger charge is -2.08. The maximum Gasteiger partial charge on any atom is 0.203 e. The second-order valence-corrected chi connectivity index (χ2v) is 4.79. The van der Waals surface area contributed by atoms with E-state index >= 15 is 0 Å². The summed E-state index contributed by atoms with van der Waals surface area (Å²) in [5.41, 5.74) is 1.05. The van der Waals surface area contributed by atoms with E-state index < -0.39 is 0 Å². The Hall–Kier alpha value is -1.85. The summed E-state index contributed by atoms with van der Waals surface area (Å²) in [5, 5.41) is 11.3. The highest BCUT2D eigenvalue weighted by molar-refractivity contribution is 5.28. The second kappa shape index (κ2) is 6.36. The van der Waals surface area contributed by atoms with Gasteiger partial charge in [-0.25, -0.2) is 4.98 Å². The van der Waals surface area contributed by atoms with Crippen molar-refractivity contribution in [2.75, 3.05) is 11.9 Å². The van der Waals surface area contributed by atoms with Crippen molar-refractivity contribution in [1.82, 2.24) is 24.3 Å². The van der Waals surface area contributed by atoms with E-state index in [1.165, 1.54) is 12.8 Å². The number of nitrogens with zero attached hydrogens (tertiary/aromatic N) is 5. The fourth-order valence-corrected chi connectivity index (χ4v) is 2.01. The molecule has 0 saturated carbocycles. The molecular weight excluding hydrogens is 240 g/mol. The maximum atomic E-state index is 4.51. The van der Waals surface area contributed by atoms with Crippen molar-refractivity contribution in [2.45, 2.75) is 39.7 Å². The van der Waals surface area contributed by atoms with E-state index in [4.69, 9.17) is 0 Å². The lowest BCUT2D eigenvalue weighted by molar-refractivity contribution is 0.634. The van der Waals surface area contributed by atoms with Crippen molar-refractivity contribution in [2.24, 2.45) is 7.05 Å². The van der Waals surface area contributed by atoms with Gasteiger partial charge in [-0.2, -0.15) is 0 Å². The average molecular weight is 262 g/mol. The maximum absolute atomic E-state index is 4.51. The molecule has 6 heteroatoms. The van der Waals surface area contributed by atoms with Gasteiger partial charge in [0, 0.05) is 32.8 Å². The fourth-order valence-electron chi connectivity index (χ4n) is 2.01. The van der Waals surface area contributed by atoms with Crippen molar-refractivity contribution in [3.63, 3.8) is 0 Å². The van der Waals surface area contributed by atoms with E-state index in [-0.39, 0.29) is 0 Å². The van der Waals surface area contributed by atoms with Gasteiger partial charge in [-0.3, -0.25) is 0 Å². The molecule has 19 heavy (non-hydrogen) atoms. The third kappa shape index (κ3) is 3.56. The molecule has 2 rings (SSSR count). The van der Waals surface area contributed by atoms with Gasteiger partial charge in [-0.1, -0.05) is 13.3 Å². The van der Waals surface area contributed by atoms with Gasteiger partial charge >= 0.3 is 0 Å². The monoisotopic (exact) mass is 262 g/mol. The summed E-state index contributed by atoms with van der Waals surface area (Å²) in [4.78, 5) is 4.51. The number of hydrogen-bond acceptors (Lipinski definition) is 4. The number of aryl methyl sites for hydroxylation is 3. The largest absolute Gasteiger partial charge is 0.355 e. The van der Waals surface area contributed by atoms with Crippen molar-refractivity contribution in [3.8, 4) is 0 Å². The van der Waals surface area contributed by atoms with E-state index in [0.717, 1.165) is 37.0 Å². The normalized spacial score (nSPS) is 10.9. The van der Waals surface area contributed by atoms with Crippen LogP contribution in [-0.2, 0) is 20.0 Å². The third-order valence-electron chi connectivity index (χ3n) is 3.09. The van der Waals surface area contributed by atoms with E-state index in [2.05, 4.69) is 38.2 Å². The second-order valence-electron chi connectivity index (χ2n) is 4.79. The Morgan fingerprint density at radius 1 is 1.37 bits per heavy atom. The van der Waals surface area contributed by atoms with Crippen molar-refractivity contribution in [1.29, 1.82) is 0 Å². The molecule has 6 nitrogen and oxygen atoms in total. The third-order valence-corrected chi connectivity index (χ3v) is 3.09. The number of imidazole rings is 1. The smallest absolute Gasteiger partial charge is 0.203 e. The SMILES string of the molecule is CCCCn1cc(C)nc1NCCc1nncn1C. The molecule has 0 radical (unpaired) electrons. The van der Waals surface area contributed by atoms with E-state index in [9.17, 15) is 0 Å². The molecule has 1 N–H and O–H groups in total. The molecule has 2 heterocycles. The predicted molar refractivity (Wildman–Crippen MR) is 75.1 cm³/mol. The van der Waals surface area contributed by atoms with Gasteiger partial charge in [0.05, 0.1) is 5.69 Å². The quantitative estimate of drug-likeness (QED) is 0.826. The minimum Gasteiger partial charge on any atom is -0.355 e. The standard InChI is InChI=1S/C13H22N6/c1-4-5-8-19-9-11(2)16-13(19)14-7-6-12-17-15-10-18(12)3/h9-10H,4-8H2,1-3H3,(H,14,16). The van der Waals surface area contributed by atoms with Crippen LogP contribution in [0.15, 0.2) is 12.5 Å². The van der Waals surface area contributed by atoms with Gasteiger partial charge in [0.1, 0.15) is 12.2 Å². The van der Waals surface area contributed by atoms with Gasteiger partial charge in [-0.05, 0) is 13.3 Å². The molecule has 0 aromatic carbocycles. The zero-order valence-corrected chi connectivity index (χ0v) is 11.9. The summed E-state index contributed by atoms with van der Waals surface area (Å²) in [7, 11) is 1.96. The van der Waals surface area contributed by atoms with Gasteiger partial charge in [0.2, 0.25) is 5.95 Å². The summed E-state index contributed by atoms with van der Waals surface area (Å²) in [5.74, 6) is 1.93. The van der Waals surface area contributed by atoms with Crippen LogP contribution in [0.2, 0.25) is 0 Å². The Bertz CT molecular complexity index is 513. The van der Waals surface area contributed by atoms with Crippen LogP contribution in [0.1, 0.15) is 31.3 Å². The lowest BCUT2D eigenvalue weighted by atomic mass is 10.3. The molecule has 0 atom stereocenters. The first-order valence-electron chi connectivity index (χ1n) is 6.81. The zero-order valence-electron chi connectivity index (χ0n) is 11.9. The molecule has 0 aliphatic heterocycles. The van der Waals surface area contributed by atoms with Crippen LogP contribution < -0.4 is 5.32 Å². The summed E-state index contributed by atoms with van der Waals surface area (Å²) < 4.78 is 4.13. The zero-order chi connectivity index (χ0) is 13.7. The number of unbranched alkanes of at least 4 members (excludes halogenated alkanes) is 1. The fraction of sp³-hybridized carbons (Fsp3) is 0.615. The number of anilines is 1. The van der Waals surface area contributed by atoms with Gasteiger partial charge in [-0.15, -0.1) is 10.2 Å². The average Bonchev–Trinajstić information content (AvgIpc) is 2.94. The molecule has 2 aromatic heterocycles. The predicted octanol–water partition coefficient (Wildman–Crippen LogP) is 1.77. The molecule has 0 fully saturated rings. The number of rotatable bonds is 7. The molecule has 0 amide bonds. The topological polar surface area (TPSA) is 60.6 Å². The Morgan fingerprint density at radius 3 is 2.89 bits per heavy atom. The Balaban J connectivity index is 1.90. The van der Waals surface area contributed by atoms with E-state index in [1.807, 2.05) is 18.5 Å². The molecule has 0 aliphatic carbocycles. The Labute approximate surface area is 113 Å². The van der Waals surface area contributed by atoms with Gasteiger partial charge in [0.15, 0.2) is 0 Å².